The maximum atomic E-state index is 11.0. The summed E-state index contributed by atoms with van der Waals surface area (Å²) >= 11 is 7.60. The molecule has 4 heteroatoms. The average Bonchev–Trinajstić information content (AvgIpc) is 2.20. The Bertz CT molecular complexity index is 339. The van der Waals surface area contributed by atoms with Gasteiger partial charge in [-0.2, -0.15) is 0 Å². The molecule has 0 fully saturated rings. The maximum Gasteiger partial charge on any atom is 0.310 e. The summed E-state index contributed by atoms with van der Waals surface area (Å²) in [6.45, 7) is 0. The fraction of sp³-hybridized carbons (Fsp3) is 0.300. The van der Waals surface area contributed by atoms with E-state index in [1.807, 2.05) is 24.5 Å². The van der Waals surface area contributed by atoms with Gasteiger partial charge in [-0.3, -0.25) is 4.79 Å². The first-order chi connectivity index (χ1) is 6.67. The van der Waals surface area contributed by atoms with Crippen LogP contribution in [-0.4, -0.2) is 19.3 Å². The first kappa shape index (κ1) is 11.4. The van der Waals surface area contributed by atoms with Crippen LogP contribution in [-0.2, 0) is 16.0 Å². The van der Waals surface area contributed by atoms with Crippen molar-refractivity contribution in [3.63, 3.8) is 0 Å². The lowest BCUT2D eigenvalue weighted by Crippen LogP contribution is -2.04. The molecular weight excluding hydrogens is 220 g/mol. The van der Waals surface area contributed by atoms with Crippen LogP contribution in [0.2, 0.25) is 5.02 Å². The molecule has 1 aromatic rings. The van der Waals surface area contributed by atoms with Crippen LogP contribution in [0.4, 0.5) is 0 Å². The molecule has 0 aliphatic rings. The van der Waals surface area contributed by atoms with Crippen molar-refractivity contribution >= 4 is 29.3 Å². The third-order valence-electron chi connectivity index (χ3n) is 1.82. The highest BCUT2D eigenvalue weighted by Crippen LogP contribution is 2.23. The predicted octanol–water partition coefficient (Wildman–Crippen LogP) is 2.78. The van der Waals surface area contributed by atoms with Gasteiger partial charge >= 0.3 is 5.97 Å². The number of halogens is 1. The number of rotatable bonds is 3. The number of methoxy groups -OCH3 is 1. The lowest BCUT2D eigenvalue weighted by Gasteiger charge is -2.04. The van der Waals surface area contributed by atoms with Crippen LogP contribution < -0.4 is 0 Å². The van der Waals surface area contributed by atoms with Gasteiger partial charge < -0.3 is 4.74 Å². The summed E-state index contributed by atoms with van der Waals surface area (Å²) in [7, 11) is 1.37. The first-order valence-electron chi connectivity index (χ1n) is 4.06. The zero-order chi connectivity index (χ0) is 10.6. The van der Waals surface area contributed by atoms with Gasteiger partial charge in [-0.15, -0.1) is 11.8 Å². The Morgan fingerprint density at radius 1 is 1.57 bits per heavy atom. The molecule has 0 unspecified atom stereocenters. The van der Waals surface area contributed by atoms with Crippen molar-refractivity contribution < 1.29 is 9.53 Å². The van der Waals surface area contributed by atoms with Crippen molar-refractivity contribution in [1.82, 2.24) is 0 Å². The highest BCUT2D eigenvalue weighted by atomic mass is 35.5. The van der Waals surface area contributed by atoms with Gasteiger partial charge in [0, 0.05) is 9.92 Å². The third-order valence-corrected chi connectivity index (χ3v) is 2.90. The summed E-state index contributed by atoms with van der Waals surface area (Å²) in [6, 6.07) is 5.64. The molecule has 0 heterocycles. The number of thioether (sulfide) groups is 1. The third kappa shape index (κ3) is 2.93. The van der Waals surface area contributed by atoms with Gasteiger partial charge in [-0.1, -0.05) is 17.7 Å². The molecule has 0 saturated heterocycles. The molecule has 0 atom stereocenters. The van der Waals surface area contributed by atoms with Gasteiger partial charge in [-0.05, 0) is 24.0 Å². The van der Waals surface area contributed by atoms with Crippen LogP contribution in [0, 0.1) is 0 Å². The summed E-state index contributed by atoms with van der Waals surface area (Å²) in [5.41, 5.74) is 0.802. The van der Waals surface area contributed by atoms with Crippen LogP contribution in [0.25, 0.3) is 0 Å². The smallest absolute Gasteiger partial charge is 0.310 e. The lowest BCUT2D eigenvalue weighted by atomic mass is 10.1. The van der Waals surface area contributed by atoms with Crippen LogP contribution in [0.1, 0.15) is 5.56 Å². The van der Waals surface area contributed by atoms with Gasteiger partial charge in [0.2, 0.25) is 0 Å². The van der Waals surface area contributed by atoms with Crippen molar-refractivity contribution in [2.24, 2.45) is 0 Å². The SMILES string of the molecule is COC(=O)Cc1ccc(SC)cc1Cl. The molecule has 0 radical (unpaired) electrons. The predicted molar refractivity (Wildman–Crippen MR) is 59.0 cm³/mol. The van der Waals surface area contributed by atoms with E-state index in [4.69, 9.17) is 11.6 Å². The highest BCUT2D eigenvalue weighted by Gasteiger charge is 2.07. The maximum absolute atomic E-state index is 11.0. The Balaban J connectivity index is 2.83. The Hall–Kier alpha value is -0.670. The quantitative estimate of drug-likeness (QED) is 0.590. The number of esters is 1. The number of benzene rings is 1. The van der Waals surface area contributed by atoms with E-state index >= 15 is 0 Å². The molecule has 0 aromatic heterocycles. The zero-order valence-electron chi connectivity index (χ0n) is 8.04. The van der Waals surface area contributed by atoms with Crippen LogP contribution in [0.5, 0.6) is 0 Å². The van der Waals surface area contributed by atoms with E-state index in [9.17, 15) is 4.79 Å². The largest absolute Gasteiger partial charge is 0.469 e. The summed E-state index contributed by atoms with van der Waals surface area (Å²) in [6.07, 6.45) is 2.20. The van der Waals surface area contributed by atoms with Crippen molar-refractivity contribution in [3.8, 4) is 0 Å². The normalized spacial score (nSPS) is 9.93. The Morgan fingerprint density at radius 3 is 2.79 bits per heavy atom. The second-order valence-electron chi connectivity index (χ2n) is 2.71. The standard InChI is InChI=1S/C10H11ClO2S/c1-13-10(12)5-7-3-4-8(14-2)6-9(7)11/h3-4,6H,5H2,1-2H3. The summed E-state index contributed by atoms with van der Waals surface area (Å²) in [5, 5.41) is 0.613. The van der Waals surface area contributed by atoms with E-state index in [0.717, 1.165) is 10.5 Å². The molecule has 0 bridgehead atoms. The fourth-order valence-corrected chi connectivity index (χ4v) is 1.78. The Kier molecular flexibility index (Phi) is 4.29. The topological polar surface area (TPSA) is 26.3 Å². The number of hydrogen-bond donors (Lipinski definition) is 0. The van der Waals surface area contributed by atoms with Gasteiger partial charge in [0.1, 0.15) is 0 Å². The van der Waals surface area contributed by atoms with Crippen molar-refractivity contribution in [3.05, 3.63) is 28.8 Å². The van der Waals surface area contributed by atoms with Crippen LogP contribution in [0.3, 0.4) is 0 Å². The number of carbonyl (C=O) groups is 1. The lowest BCUT2D eigenvalue weighted by molar-refractivity contribution is -0.139. The molecular formula is C10H11ClO2S. The summed E-state index contributed by atoms with van der Waals surface area (Å²) in [4.78, 5) is 12.1. The zero-order valence-corrected chi connectivity index (χ0v) is 9.61. The van der Waals surface area contributed by atoms with Gasteiger partial charge in [-0.25, -0.2) is 0 Å². The molecule has 76 valence electrons. The molecule has 0 spiro atoms. The fourth-order valence-electron chi connectivity index (χ4n) is 1.03. The molecule has 0 aliphatic heterocycles. The Morgan fingerprint density at radius 2 is 2.29 bits per heavy atom. The van der Waals surface area contributed by atoms with Crippen molar-refractivity contribution in [2.45, 2.75) is 11.3 Å². The van der Waals surface area contributed by atoms with E-state index in [-0.39, 0.29) is 12.4 Å². The average molecular weight is 231 g/mol. The van der Waals surface area contributed by atoms with E-state index < -0.39 is 0 Å². The van der Waals surface area contributed by atoms with Gasteiger partial charge in [0.25, 0.3) is 0 Å². The monoisotopic (exact) mass is 230 g/mol. The minimum absolute atomic E-state index is 0.226. The molecule has 0 N–H and O–H groups in total. The molecule has 14 heavy (non-hydrogen) atoms. The minimum atomic E-state index is -0.274. The van der Waals surface area contributed by atoms with E-state index in [2.05, 4.69) is 4.74 Å². The van der Waals surface area contributed by atoms with Crippen molar-refractivity contribution in [2.75, 3.05) is 13.4 Å². The molecule has 0 aliphatic carbocycles. The molecule has 2 nitrogen and oxygen atoms in total. The number of ether oxygens (including phenoxy) is 1. The first-order valence-corrected chi connectivity index (χ1v) is 5.67. The van der Waals surface area contributed by atoms with Crippen molar-refractivity contribution in [1.29, 1.82) is 0 Å². The summed E-state index contributed by atoms with van der Waals surface area (Å²) < 4.78 is 4.56. The second kappa shape index (κ2) is 5.27. The van der Waals surface area contributed by atoms with E-state index in [0.29, 0.717) is 5.02 Å². The second-order valence-corrected chi connectivity index (χ2v) is 4.00. The molecule has 0 saturated carbocycles. The summed E-state index contributed by atoms with van der Waals surface area (Å²) in [5.74, 6) is -0.274. The van der Waals surface area contributed by atoms with Crippen LogP contribution >= 0.6 is 23.4 Å². The van der Waals surface area contributed by atoms with E-state index in [1.165, 1.54) is 7.11 Å². The minimum Gasteiger partial charge on any atom is -0.469 e. The molecule has 0 amide bonds. The Labute approximate surface area is 92.6 Å². The number of hydrogen-bond acceptors (Lipinski definition) is 3. The van der Waals surface area contributed by atoms with Crippen LogP contribution in [0.15, 0.2) is 23.1 Å². The van der Waals surface area contributed by atoms with E-state index in [1.54, 1.807) is 11.8 Å². The highest BCUT2D eigenvalue weighted by molar-refractivity contribution is 7.98. The van der Waals surface area contributed by atoms with Gasteiger partial charge in [0.05, 0.1) is 13.5 Å². The molecule has 1 aromatic carbocycles. The molecule has 1 rings (SSSR count). The van der Waals surface area contributed by atoms with Gasteiger partial charge in [0.15, 0.2) is 0 Å². The number of carbonyl (C=O) groups excluding carboxylic acids is 1.